The van der Waals surface area contributed by atoms with Crippen molar-refractivity contribution >= 4 is 11.8 Å². The minimum Gasteiger partial charge on any atom is -0.389 e. The lowest BCUT2D eigenvalue weighted by Crippen LogP contribution is -2.35. The molecular weight excluding hydrogens is 262 g/mol. The Labute approximate surface area is 120 Å². The normalized spacial score (nSPS) is 26.7. The molecule has 2 aliphatic heterocycles. The molecule has 0 saturated carbocycles. The second kappa shape index (κ2) is 9.19. The van der Waals surface area contributed by atoms with Gasteiger partial charge in [-0.2, -0.15) is 11.8 Å². The number of nitrogens with one attached hydrogen (secondary N) is 1. The minimum atomic E-state index is -0.403. The molecule has 2 fully saturated rings. The van der Waals surface area contributed by atoms with Gasteiger partial charge in [-0.25, -0.2) is 0 Å². The van der Waals surface area contributed by atoms with Gasteiger partial charge in [0.1, 0.15) is 0 Å². The van der Waals surface area contributed by atoms with E-state index in [1.165, 1.54) is 24.3 Å². The summed E-state index contributed by atoms with van der Waals surface area (Å²) in [5.74, 6) is 3.37. The van der Waals surface area contributed by atoms with E-state index in [1.807, 2.05) is 0 Å². The predicted octanol–water partition coefficient (Wildman–Crippen LogP) is 1.28. The Bertz CT molecular complexity index is 231. The molecule has 2 N–H and O–H groups in total. The van der Waals surface area contributed by atoms with Crippen LogP contribution in [0.4, 0.5) is 0 Å². The average molecular weight is 289 g/mol. The van der Waals surface area contributed by atoms with E-state index >= 15 is 0 Å². The highest BCUT2D eigenvalue weighted by molar-refractivity contribution is 7.99. The molecule has 0 aromatic heterocycles. The second-order valence-electron chi connectivity index (χ2n) is 5.54. The molecule has 0 radical (unpaired) electrons. The van der Waals surface area contributed by atoms with E-state index in [9.17, 15) is 5.11 Å². The molecule has 0 aromatic carbocycles. The molecule has 2 unspecified atom stereocenters. The number of aliphatic hydroxyl groups excluding tert-OH is 1. The average Bonchev–Trinajstić information content (AvgIpc) is 2.93. The molecule has 19 heavy (non-hydrogen) atoms. The van der Waals surface area contributed by atoms with Crippen molar-refractivity contribution in [2.24, 2.45) is 5.92 Å². The number of hydrogen-bond acceptors (Lipinski definition) is 5. The maximum Gasteiger partial charge on any atom is 0.0897 e. The number of aliphatic hydroxyl groups is 1. The van der Waals surface area contributed by atoms with Crippen LogP contribution in [-0.2, 0) is 9.47 Å². The van der Waals surface area contributed by atoms with E-state index in [4.69, 9.17) is 9.47 Å². The summed E-state index contributed by atoms with van der Waals surface area (Å²) in [6.45, 7) is 3.56. The van der Waals surface area contributed by atoms with Crippen LogP contribution in [0.2, 0.25) is 0 Å². The summed E-state index contributed by atoms with van der Waals surface area (Å²) in [5.41, 5.74) is 0. The van der Waals surface area contributed by atoms with Gasteiger partial charge < -0.3 is 19.9 Å². The van der Waals surface area contributed by atoms with Crippen LogP contribution in [0.3, 0.4) is 0 Å². The Balaban J connectivity index is 1.43. The lowest BCUT2D eigenvalue weighted by Gasteiger charge is -2.22. The number of thioether (sulfide) groups is 1. The first-order chi connectivity index (χ1) is 9.34. The highest BCUT2D eigenvalue weighted by Gasteiger charge is 2.16. The summed E-state index contributed by atoms with van der Waals surface area (Å²) < 4.78 is 11.0. The Morgan fingerprint density at radius 3 is 2.89 bits per heavy atom. The minimum absolute atomic E-state index is 0.250. The molecule has 2 atom stereocenters. The zero-order valence-electron chi connectivity index (χ0n) is 11.7. The van der Waals surface area contributed by atoms with Crippen molar-refractivity contribution in [1.82, 2.24) is 5.32 Å². The third-order valence-electron chi connectivity index (χ3n) is 3.79. The lowest BCUT2D eigenvalue weighted by atomic mass is 10.0. The SMILES string of the molecule is OC(CNCC1CCSCC1)COCC1CCCO1. The fourth-order valence-electron chi connectivity index (χ4n) is 2.57. The third kappa shape index (κ3) is 6.45. The zero-order chi connectivity index (χ0) is 13.3. The molecule has 2 rings (SSSR count). The zero-order valence-corrected chi connectivity index (χ0v) is 12.5. The molecule has 2 aliphatic rings. The summed E-state index contributed by atoms with van der Waals surface area (Å²) in [5, 5.41) is 13.2. The van der Waals surface area contributed by atoms with E-state index in [0.29, 0.717) is 19.8 Å². The van der Waals surface area contributed by atoms with Gasteiger partial charge in [-0.15, -0.1) is 0 Å². The summed E-state index contributed by atoms with van der Waals surface area (Å²) in [6.07, 6.45) is 4.69. The van der Waals surface area contributed by atoms with Crippen molar-refractivity contribution in [2.75, 3.05) is 44.4 Å². The van der Waals surface area contributed by atoms with Crippen LogP contribution in [0.15, 0.2) is 0 Å². The van der Waals surface area contributed by atoms with Crippen molar-refractivity contribution in [1.29, 1.82) is 0 Å². The standard InChI is InChI=1S/C14H27NO3S/c16-13(10-17-11-14-2-1-5-18-14)9-15-8-12-3-6-19-7-4-12/h12-16H,1-11H2. The van der Waals surface area contributed by atoms with Gasteiger partial charge in [0, 0.05) is 13.2 Å². The van der Waals surface area contributed by atoms with Crippen molar-refractivity contribution in [3.63, 3.8) is 0 Å². The van der Waals surface area contributed by atoms with Crippen molar-refractivity contribution < 1.29 is 14.6 Å². The van der Waals surface area contributed by atoms with Crippen LogP contribution in [-0.4, -0.2) is 61.7 Å². The van der Waals surface area contributed by atoms with Crippen LogP contribution in [0.5, 0.6) is 0 Å². The van der Waals surface area contributed by atoms with E-state index in [-0.39, 0.29) is 6.10 Å². The van der Waals surface area contributed by atoms with Gasteiger partial charge in [0.25, 0.3) is 0 Å². The molecule has 2 saturated heterocycles. The molecule has 5 heteroatoms. The molecule has 4 nitrogen and oxygen atoms in total. The van der Waals surface area contributed by atoms with Crippen molar-refractivity contribution in [2.45, 2.75) is 37.9 Å². The van der Waals surface area contributed by atoms with Gasteiger partial charge in [0.2, 0.25) is 0 Å². The first-order valence-electron chi connectivity index (χ1n) is 7.50. The van der Waals surface area contributed by atoms with Gasteiger partial charge in [-0.3, -0.25) is 0 Å². The van der Waals surface area contributed by atoms with E-state index in [0.717, 1.165) is 31.9 Å². The number of rotatable bonds is 8. The molecule has 2 heterocycles. The van der Waals surface area contributed by atoms with Crippen LogP contribution in [0.1, 0.15) is 25.7 Å². The first kappa shape index (κ1) is 15.6. The Morgan fingerprint density at radius 1 is 1.32 bits per heavy atom. The molecule has 0 aromatic rings. The fourth-order valence-corrected chi connectivity index (χ4v) is 3.78. The topological polar surface area (TPSA) is 50.7 Å². The number of hydrogen-bond donors (Lipinski definition) is 2. The van der Waals surface area contributed by atoms with Crippen LogP contribution in [0.25, 0.3) is 0 Å². The molecule has 0 amide bonds. The Morgan fingerprint density at radius 2 is 2.16 bits per heavy atom. The van der Waals surface area contributed by atoms with Crippen LogP contribution in [0, 0.1) is 5.92 Å². The van der Waals surface area contributed by atoms with E-state index in [2.05, 4.69) is 17.1 Å². The van der Waals surface area contributed by atoms with Gasteiger partial charge in [-0.1, -0.05) is 0 Å². The van der Waals surface area contributed by atoms with Gasteiger partial charge in [0.05, 0.1) is 25.4 Å². The van der Waals surface area contributed by atoms with Crippen LogP contribution >= 0.6 is 11.8 Å². The molecule has 0 aliphatic carbocycles. The molecule has 0 bridgehead atoms. The molecule has 0 spiro atoms. The second-order valence-corrected chi connectivity index (χ2v) is 6.77. The van der Waals surface area contributed by atoms with Gasteiger partial charge in [0.15, 0.2) is 0 Å². The quantitative estimate of drug-likeness (QED) is 0.705. The molecule has 112 valence electrons. The van der Waals surface area contributed by atoms with Crippen molar-refractivity contribution in [3.8, 4) is 0 Å². The highest BCUT2D eigenvalue weighted by Crippen LogP contribution is 2.21. The smallest absolute Gasteiger partial charge is 0.0897 e. The lowest BCUT2D eigenvalue weighted by molar-refractivity contribution is -0.0165. The number of ether oxygens (including phenoxy) is 2. The summed E-state index contributed by atoms with van der Waals surface area (Å²) >= 11 is 2.05. The maximum absolute atomic E-state index is 9.82. The molecular formula is C14H27NO3S. The van der Waals surface area contributed by atoms with Gasteiger partial charge in [-0.05, 0) is 49.7 Å². The first-order valence-corrected chi connectivity index (χ1v) is 8.66. The fraction of sp³-hybridized carbons (Fsp3) is 1.00. The Kier molecular flexibility index (Phi) is 7.53. The summed E-state index contributed by atoms with van der Waals surface area (Å²) in [6, 6.07) is 0. The van der Waals surface area contributed by atoms with E-state index < -0.39 is 6.10 Å². The highest BCUT2D eigenvalue weighted by atomic mass is 32.2. The van der Waals surface area contributed by atoms with Gasteiger partial charge >= 0.3 is 0 Å². The van der Waals surface area contributed by atoms with Crippen molar-refractivity contribution in [3.05, 3.63) is 0 Å². The predicted molar refractivity (Wildman–Crippen MR) is 78.7 cm³/mol. The third-order valence-corrected chi connectivity index (χ3v) is 4.84. The summed E-state index contributed by atoms with van der Waals surface area (Å²) in [7, 11) is 0. The van der Waals surface area contributed by atoms with Crippen LogP contribution < -0.4 is 5.32 Å². The Hall–Kier alpha value is 0.190. The van der Waals surface area contributed by atoms with E-state index in [1.54, 1.807) is 0 Å². The maximum atomic E-state index is 9.82. The monoisotopic (exact) mass is 289 g/mol. The summed E-state index contributed by atoms with van der Waals surface area (Å²) in [4.78, 5) is 0. The largest absolute Gasteiger partial charge is 0.389 e.